The van der Waals surface area contributed by atoms with Crippen LogP contribution in [0.25, 0.3) is 0 Å². The average Bonchev–Trinajstić information content (AvgIpc) is 2.70. The Morgan fingerprint density at radius 1 is 1.17 bits per heavy atom. The van der Waals surface area contributed by atoms with Gasteiger partial charge in [-0.1, -0.05) is 51.5 Å². The second-order valence-electron chi connectivity index (χ2n) is 8.85. The van der Waals surface area contributed by atoms with E-state index in [1.165, 1.54) is 38.5 Å². The molecular formula is C24H38F2O3. The third-order valence-corrected chi connectivity index (χ3v) is 6.71. The monoisotopic (exact) mass is 412 g/mol. The highest BCUT2D eigenvalue weighted by Gasteiger charge is 2.44. The van der Waals surface area contributed by atoms with Gasteiger partial charge >= 0.3 is 5.97 Å². The van der Waals surface area contributed by atoms with E-state index in [1.54, 1.807) is 0 Å². The Kier molecular flexibility index (Phi) is 10.2. The summed E-state index contributed by atoms with van der Waals surface area (Å²) in [6.45, 7) is 2.99. The van der Waals surface area contributed by atoms with E-state index in [4.69, 9.17) is 4.74 Å². The first-order chi connectivity index (χ1) is 14.0. The minimum atomic E-state index is -2.56. The second-order valence-corrected chi connectivity index (χ2v) is 8.85. The zero-order valence-electron chi connectivity index (χ0n) is 17.9. The normalized spacial score (nSPS) is 27.1. The number of carboxylic acid groups (broad SMARTS) is 1. The molecule has 0 amide bonds. The van der Waals surface area contributed by atoms with Gasteiger partial charge in [0.25, 0.3) is 0 Å². The molecule has 1 N–H and O–H groups in total. The minimum absolute atomic E-state index is 0.354. The van der Waals surface area contributed by atoms with Gasteiger partial charge < -0.3 is 9.84 Å². The maximum Gasteiger partial charge on any atom is 0.309 e. The standard InChI is InChI=1S/C24H38F2O3/c1-2-3-4-5-6-7-8-17-29-21-11-9-19(10-12-21)20-13-15-24(16-14-20,23(27)28)18-22(25)26/h9,11-12,19-20,22H,2-8,10,13-18H2,1H3,(H,27,28). The van der Waals surface area contributed by atoms with E-state index in [9.17, 15) is 18.7 Å². The SMILES string of the molecule is CCCCCCCCCOC1=CCC(C2CCC(CC(F)F)(C(=O)O)CC2)C=C1. The van der Waals surface area contributed by atoms with Crippen molar-refractivity contribution in [3.8, 4) is 0 Å². The first-order valence-corrected chi connectivity index (χ1v) is 11.5. The van der Waals surface area contributed by atoms with Gasteiger partial charge in [0, 0.05) is 6.42 Å². The Balaban J connectivity index is 1.66. The highest BCUT2D eigenvalue weighted by Crippen LogP contribution is 2.46. The van der Waals surface area contributed by atoms with Crippen LogP contribution in [0.4, 0.5) is 8.78 Å². The maximum atomic E-state index is 12.8. The molecule has 2 aliphatic rings. The quantitative estimate of drug-likeness (QED) is 0.327. The van der Waals surface area contributed by atoms with Crippen molar-refractivity contribution in [2.45, 2.75) is 96.8 Å². The van der Waals surface area contributed by atoms with Crippen molar-refractivity contribution < 1.29 is 23.4 Å². The van der Waals surface area contributed by atoms with Crippen molar-refractivity contribution in [3.63, 3.8) is 0 Å². The predicted molar refractivity (Wildman–Crippen MR) is 112 cm³/mol. The van der Waals surface area contributed by atoms with E-state index in [2.05, 4.69) is 19.1 Å². The van der Waals surface area contributed by atoms with Crippen molar-refractivity contribution in [2.24, 2.45) is 17.3 Å². The smallest absolute Gasteiger partial charge is 0.309 e. The van der Waals surface area contributed by atoms with Gasteiger partial charge in [0.2, 0.25) is 6.43 Å². The van der Waals surface area contributed by atoms with E-state index in [1.807, 2.05) is 6.08 Å². The number of ether oxygens (including phenoxy) is 1. The number of hydrogen-bond acceptors (Lipinski definition) is 2. The van der Waals surface area contributed by atoms with Gasteiger partial charge in [0.05, 0.1) is 12.0 Å². The van der Waals surface area contributed by atoms with Gasteiger partial charge in [-0.2, -0.15) is 0 Å². The van der Waals surface area contributed by atoms with Crippen LogP contribution in [-0.4, -0.2) is 24.1 Å². The Hall–Kier alpha value is -1.39. The van der Waals surface area contributed by atoms with Gasteiger partial charge in [-0.15, -0.1) is 0 Å². The Bertz CT molecular complexity index is 548. The number of rotatable bonds is 13. The molecule has 5 heteroatoms. The number of hydrogen-bond donors (Lipinski definition) is 1. The molecule has 0 aromatic carbocycles. The Labute approximate surface area is 174 Å². The highest BCUT2D eigenvalue weighted by molar-refractivity contribution is 5.74. The molecule has 0 spiro atoms. The van der Waals surface area contributed by atoms with Gasteiger partial charge in [-0.3, -0.25) is 4.79 Å². The zero-order valence-corrected chi connectivity index (χ0v) is 17.9. The molecule has 0 aliphatic heterocycles. The summed E-state index contributed by atoms with van der Waals surface area (Å²) in [4.78, 5) is 11.6. The van der Waals surface area contributed by atoms with Crippen LogP contribution in [0.1, 0.15) is 90.4 Å². The van der Waals surface area contributed by atoms with Gasteiger partial charge in [0.15, 0.2) is 0 Å². The molecule has 29 heavy (non-hydrogen) atoms. The molecule has 0 heterocycles. The molecule has 1 fully saturated rings. The molecule has 1 atom stereocenters. The number of carboxylic acids is 1. The molecule has 0 saturated heterocycles. The summed E-state index contributed by atoms with van der Waals surface area (Å²) in [6, 6.07) is 0. The summed E-state index contributed by atoms with van der Waals surface area (Å²) in [6.07, 6.45) is 15.1. The molecule has 0 radical (unpaired) electrons. The summed E-state index contributed by atoms with van der Waals surface area (Å²) >= 11 is 0. The highest BCUT2D eigenvalue weighted by atomic mass is 19.3. The number of carbonyl (C=O) groups is 1. The number of alkyl halides is 2. The van der Waals surface area contributed by atoms with Gasteiger partial charge in [0.1, 0.15) is 5.76 Å². The summed E-state index contributed by atoms with van der Waals surface area (Å²) in [5, 5.41) is 9.47. The summed E-state index contributed by atoms with van der Waals surface area (Å²) in [5.74, 6) is 0.605. The minimum Gasteiger partial charge on any atom is -0.494 e. The van der Waals surface area contributed by atoms with Gasteiger partial charge in [-0.05, 0) is 62.5 Å². The van der Waals surface area contributed by atoms with Gasteiger partial charge in [-0.25, -0.2) is 8.78 Å². The molecule has 3 nitrogen and oxygen atoms in total. The molecule has 2 aliphatic carbocycles. The van der Waals surface area contributed by atoms with Crippen LogP contribution in [0, 0.1) is 17.3 Å². The molecule has 1 unspecified atom stereocenters. The lowest BCUT2D eigenvalue weighted by molar-refractivity contribution is -0.155. The lowest BCUT2D eigenvalue weighted by atomic mass is 9.65. The third-order valence-electron chi connectivity index (χ3n) is 6.71. The fraction of sp³-hybridized carbons (Fsp3) is 0.792. The summed E-state index contributed by atoms with van der Waals surface area (Å²) < 4.78 is 31.6. The van der Waals surface area contributed by atoms with Crippen molar-refractivity contribution in [1.29, 1.82) is 0 Å². The second kappa shape index (κ2) is 12.3. The lowest BCUT2D eigenvalue weighted by Crippen LogP contribution is -2.38. The van der Waals surface area contributed by atoms with Crippen LogP contribution < -0.4 is 0 Å². The van der Waals surface area contributed by atoms with E-state index in [0.717, 1.165) is 25.2 Å². The summed E-state index contributed by atoms with van der Waals surface area (Å²) in [5.41, 5.74) is -1.23. The van der Waals surface area contributed by atoms with Crippen molar-refractivity contribution in [1.82, 2.24) is 0 Å². The Morgan fingerprint density at radius 2 is 1.83 bits per heavy atom. The fourth-order valence-corrected chi connectivity index (χ4v) is 4.74. The number of unbranched alkanes of at least 4 members (excludes halogenated alkanes) is 6. The zero-order chi connectivity index (χ0) is 21.1. The van der Waals surface area contributed by atoms with E-state index in [-0.39, 0.29) is 0 Å². The molecule has 0 aromatic rings. The first kappa shape index (κ1) is 23.9. The fourth-order valence-electron chi connectivity index (χ4n) is 4.74. The maximum absolute atomic E-state index is 12.8. The van der Waals surface area contributed by atoms with Crippen LogP contribution in [-0.2, 0) is 9.53 Å². The lowest BCUT2D eigenvalue weighted by Gasteiger charge is -2.39. The molecule has 0 aromatic heterocycles. The molecule has 166 valence electrons. The number of allylic oxidation sites excluding steroid dienone is 3. The molecule has 0 bridgehead atoms. The number of halogens is 2. The van der Waals surface area contributed by atoms with Crippen LogP contribution in [0.5, 0.6) is 0 Å². The third kappa shape index (κ3) is 7.75. The molecule has 1 saturated carbocycles. The van der Waals surface area contributed by atoms with Crippen LogP contribution >= 0.6 is 0 Å². The summed E-state index contributed by atoms with van der Waals surface area (Å²) in [7, 11) is 0. The predicted octanol–water partition coefficient (Wildman–Crippen LogP) is 7.13. The van der Waals surface area contributed by atoms with E-state index in [0.29, 0.717) is 37.5 Å². The van der Waals surface area contributed by atoms with E-state index >= 15 is 0 Å². The van der Waals surface area contributed by atoms with Crippen LogP contribution in [0.3, 0.4) is 0 Å². The first-order valence-electron chi connectivity index (χ1n) is 11.5. The Morgan fingerprint density at radius 3 is 2.38 bits per heavy atom. The number of aliphatic carboxylic acids is 1. The van der Waals surface area contributed by atoms with Crippen LogP contribution in [0.2, 0.25) is 0 Å². The van der Waals surface area contributed by atoms with Crippen molar-refractivity contribution in [3.05, 3.63) is 24.0 Å². The largest absolute Gasteiger partial charge is 0.494 e. The van der Waals surface area contributed by atoms with Crippen molar-refractivity contribution >= 4 is 5.97 Å². The average molecular weight is 413 g/mol. The van der Waals surface area contributed by atoms with E-state index < -0.39 is 24.2 Å². The topological polar surface area (TPSA) is 46.5 Å². The molecule has 2 rings (SSSR count). The van der Waals surface area contributed by atoms with Crippen LogP contribution in [0.15, 0.2) is 24.0 Å². The van der Waals surface area contributed by atoms with Crippen molar-refractivity contribution in [2.75, 3.05) is 6.61 Å². The molecular weight excluding hydrogens is 374 g/mol.